The molecule has 0 aliphatic carbocycles. The van der Waals surface area contributed by atoms with Crippen LogP contribution in [0.1, 0.15) is 30.0 Å². The van der Waals surface area contributed by atoms with Crippen molar-refractivity contribution in [3.8, 4) is 0 Å². The van der Waals surface area contributed by atoms with Crippen LogP contribution in [0.4, 0.5) is 4.79 Å². The molecule has 24 heavy (non-hydrogen) atoms. The summed E-state index contributed by atoms with van der Waals surface area (Å²) in [7, 11) is 1.56. The fourth-order valence-corrected chi connectivity index (χ4v) is 2.36. The summed E-state index contributed by atoms with van der Waals surface area (Å²) >= 11 is 0. The van der Waals surface area contributed by atoms with E-state index in [-0.39, 0.29) is 13.2 Å². The second-order valence-corrected chi connectivity index (χ2v) is 5.92. The van der Waals surface area contributed by atoms with Gasteiger partial charge in [-0.15, -0.1) is 0 Å². The number of methoxy groups -OCH3 is 1. The zero-order valence-corrected chi connectivity index (χ0v) is 14.2. The first-order valence-corrected chi connectivity index (χ1v) is 7.80. The quantitative estimate of drug-likeness (QED) is 0.727. The van der Waals surface area contributed by atoms with Gasteiger partial charge in [0.2, 0.25) is 0 Å². The molecule has 2 aromatic rings. The van der Waals surface area contributed by atoms with Crippen molar-refractivity contribution in [1.29, 1.82) is 0 Å². The molecule has 0 aliphatic heterocycles. The largest absolute Gasteiger partial charge is 0.464 e. The van der Waals surface area contributed by atoms with E-state index in [1.807, 2.05) is 43.3 Å². The van der Waals surface area contributed by atoms with Crippen LogP contribution in [0.25, 0.3) is 0 Å². The molecule has 2 unspecified atom stereocenters. The molecule has 0 bridgehead atoms. The summed E-state index contributed by atoms with van der Waals surface area (Å²) in [6.45, 7) is 3.87. The smallest absolute Gasteiger partial charge is 0.315 e. The van der Waals surface area contributed by atoms with Gasteiger partial charge >= 0.3 is 6.03 Å². The normalized spacial score (nSPS) is 14.7. The fourth-order valence-electron chi connectivity index (χ4n) is 2.36. The SMILES string of the molecule is COCC(NC(=O)NCC(C)(O)c1ccccc1)c1ccc(C)o1. The van der Waals surface area contributed by atoms with E-state index in [9.17, 15) is 9.90 Å². The number of rotatable bonds is 7. The Kier molecular flexibility index (Phi) is 6.00. The topological polar surface area (TPSA) is 83.7 Å². The summed E-state index contributed by atoms with van der Waals surface area (Å²) in [6.07, 6.45) is 0. The second-order valence-electron chi connectivity index (χ2n) is 5.92. The van der Waals surface area contributed by atoms with Crippen LogP contribution in [0, 0.1) is 6.92 Å². The van der Waals surface area contributed by atoms with Crippen LogP contribution >= 0.6 is 0 Å². The lowest BCUT2D eigenvalue weighted by molar-refractivity contribution is 0.0589. The standard InChI is InChI=1S/C18H24N2O4/c1-13-9-10-16(24-13)15(11-23-3)20-17(21)19-12-18(2,22)14-7-5-4-6-8-14/h4-10,15,22H,11-12H2,1-3H3,(H2,19,20,21). The highest BCUT2D eigenvalue weighted by Gasteiger charge is 2.24. The minimum atomic E-state index is -1.16. The van der Waals surface area contributed by atoms with Crippen molar-refractivity contribution in [2.24, 2.45) is 0 Å². The predicted octanol–water partition coefficient (Wildman–Crippen LogP) is 2.48. The molecule has 0 spiro atoms. The molecule has 6 heteroatoms. The number of amides is 2. The molecule has 1 aromatic heterocycles. The molecule has 0 aliphatic rings. The number of hydrogen-bond acceptors (Lipinski definition) is 4. The first-order valence-electron chi connectivity index (χ1n) is 7.80. The van der Waals surface area contributed by atoms with Crippen LogP contribution in [0.3, 0.4) is 0 Å². The van der Waals surface area contributed by atoms with Gasteiger partial charge in [-0.25, -0.2) is 4.79 Å². The Labute approximate surface area is 141 Å². The van der Waals surface area contributed by atoms with Crippen LogP contribution in [-0.4, -0.2) is 31.4 Å². The van der Waals surface area contributed by atoms with E-state index in [0.717, 1.165) is 11.3 Å². The van der Waals surface area contributed by atoms with Gasteiger partial charge in [-0.3, -0.25) is 0 Å². The van der Waals surface area contributed by atoms with E-state index in [1.54, 1.807) is 20.1 Å². The summed E-state index contributed by atoms with van der Waals surface area (Å²) in [5.41, 5.74) is -0.420. The number of carbonyl (C=O) groups is 1. The summed E-state index contributed by atoms with van der Waals surface area (Å²) in [5, 5.41) is 16.0. The number of urea groups is 1. The second kappa shape index (κ2) is 7.99. The van der Waals surface area contributed by atoms with Gasteiger partial charge in [0.1, 0.15) is 23.2 Å². The molecule has 3 N–H and O–H groups in total. The molecule has 2 amide bonds. The molecular weight excluding hydrogens is 308 g/mol. The number of carbonyl (C=O) groups excluding carboxylic acids is 1. The highest BCUT2D eigenvalue weighted by molar-refractivity contribution is 5.74. The van der Waals surface area contributed by atoms with Crippen molar-refractivity contribution in [3.05, 3.63) is 59.5 Å². The average molecular weight is 332 g/mol. The number of aliphatic hydroxyl groups is 1. The van der Waals surface area contributed by atoms with Gasteiger partial charge in [-0.1, -0.05) is 30.3 Å². The first kappa shape index (κ1) is 18.0. The van der Waals surface area contributed by atoms with Crippen molar-refractivity contribution < 1.29 is 19.1 Å². The molecule has 0 saturated carbocycles. The van der Waals surface area contributed by atoms with Crippen LogP contribution in [0.2, 0.25) is 0 Å². The number of furan rings is 1. The van der Waals surface area contributed by atoms with Gasteiger partial charge in [0.05, 0.1) is 13.2 Å². The van der Waals surface area contributed by atoms with Gasteiger partial charge in [-0.05, 0) is 31.5 Å². The maximum absolute atomic E-state index is 12.2. The third kappa shape index (κ3) is 4.84. The lowest BCUT2D eigenvalue weighted by Crippen LogP contribution is -2.45. The molecular formula is C18H24N2O4. The van der Waals surface area contributed by atoms with Crippen LogP contribution in [-0.2, 0) is 10.3 Å². The fraction of sp³-hybridized carbons (Fsp3) is 0.389. The number of benzene rings is 1. The maximum atomic E-state index is 12.2. The van der Waals surface area contributed by atoms with Crippen molar-refractivity contribution in [1.82, 2.24) is 10.6 Å². The lowest BCUT2D eigenvalue weighted by Gasteiger charge is -2.25. The molecule has 0 radical (unpaired) electrons. The van der Waals surface area contributed by atoms with Crippen molar-refractivity contribution in [3.63, 3.8) is 0 Å². The van der Waals surface area contributed by atoms with Crippen LogP contribution < -0.4 is 10.6 Å². The van der Waals surface area contributed by atoms with E-state index in [4.69, 9.17) is 9.15 Å². The van der Waals surface area contributed by atoms with Crippen molar-refractivity contribution in [2.45, 2.75) is 25.5 Å². The Morgan fingerprint density at radius 2 is 2.00 bits per heavy atom. The Hall–Kier alpha value is -2.31. The van der Waals surface area contributed by atoms with Gasteiger partial charge in [-0.2, -0.15) is 0 Å². The zero-order chi connectivity index (χ0) is 17.6. The van der Waals surface area contributed by atoms with Gasteiger partial charge in [0.25, 0.3) is 0 Å². The summed E-state index contributed by atoms with van der Waals surface area (Å²) in [5.74, 6) is 1.39. The molecule has 0 fully saturated rings. The van der Waals surface area contributed by atoms with Crippen LogP contribution in [0.15, 0.2) is 46.9 Å². The van der Waals surface area contributed by atoms with Gasteiger partial charge < -0.3 is 24.9 Å². The van der Waals surface area contributed by atoms with E-state index in [2.05, 4.69) is 10.6 Å². The van der Waals surface area contributed by atoms with E-state index in [0.29, 0.717) is 5.76 Å². The van der Waals surface area contributed by atoms with Gasteiger partial charge in [0.15, 0.2) is 0 Å². The van der Waals surface area contributed by atoms with E-state index in [1.165, 1.54) is 0 Å². The molecule has 2 rings (SSSR count). The third-order valence-electron chi connectivity index (χ3n) is 3.73. The summed E-state index contributed by atoms with van der Waals surface area (Å²) in [6, 6.07) is 12.0. The third-order valence-corrected chi connectivity index (χ3v) is 3.73. The first-order chi connectivity index (χ1) is 11.4. The minimum Gasteiger partial charge on any atom is -0.464 e. The molecule has 130 valence electrons. The van der Waals surface area contributed by atoms with E-state index >= 15 is 0 Å². The van der Waals surface area contributed by atoms with Gasteiger partial charge in [0, 0.05) is 7.11 Å². The number of aryl methyl sites for hydroxylation is 1. The average Bonchev–Trinajstić information content (AvgIpc) is 3.00. The molecule has 2 atom stereocenters. The predicted molar refractivity (Wildman–Crippen MR) is 90.6 cm³/mol. The Morgan fingerprint density at radius 1 is 1.29 bits per heavy atom. The number of ether oxygens (including phenoxy) is 1. The molecule has 0 saturated heterocycles. The monoisotopic (exact) mass is 332 g/mol. The zero-order valence-electron chi connectivity index (χ0n) is 14.2. The Balaban J connectivity index is 1.94. The van der Waals surface area contributed by atoms with Crippen molar-refractivity contribution >= 4 is 6.03 Å². The summed E-state index contributed by atoms with van der Waals surface area (Å²) in [4.78, 5) is 12.2. The molecule has 6 nitrogen and oxygen atoms in total. The number of nitrogens with one attached hydrogen (secondary N) is 2. The lowest BCUT2D eigenvalue weighted by atomic mass is 9.96. The molecule has 1 heterocycles. The Bertz CT molecular complexity index is 652. The summed E-state index contributed by atoms with van der Waals surface area (Å²) < 4.78 is 10.7. The maximum Gasteiger partial charge on any atom is 0.315 e. The van der Waals surface area contributed by atoms with Crippen LogP contribution in [0.5, 0.6) is 0 Å². The minimum absolute atomic E-state index is 0.0831. The van der Waals surface area contributed by atoms with E-state index < -0.39 is 17.7 Å². The number of hydrogen-bond donors (Lipinski definition) is 3. The highest BCUT2D eigenvalue weighted by atomic mass is 16.5. The molecule has 1 aromatic carbocycles. The Morgan fingerprint density at radius 3 is 2.58 bits per heavy atom. The van der Waals surface area contributed by atoms with Crippen molar-refractivity contribution in [2.75, 3.05) is 20.3 Å². The highest BCUT2D eigenvalue weighted by Crippen LogP contribution is 2.19.